The molecule has 2 aromatic carbocycles. The summed E-state index contributed by atoms with van der Waals surface area (Å²) in [7, 11) is -3.49. The predicted molar refractivity (Wildman–Crippen MR) is 104 cm³/mol. The topological polar surface area (TPSA) is 89.0 Å². The van der Waals surface area contributed by atoms with Gasteiger partial charge in [-0.25, -0.2) is 8.42 Å². The molecule has 1 heterocycles. The van der Waals surface area contributed by atoms with Gasteiger partial charge in [-0.2, -0.15) is 0 Å². The van der Waals surface area contributed by atoms with Gasteiger partial charge >= 0.3 is 0 Å². The molecule has 0 bridgehead atoms. The first kappa shape index (κ1) is 18.7. The molecule has 0 aliphatic heterocycles. The van der Waals surface area contributed by atoms with Crippen LogP contribution in [-0.2, 0) is 26.8 Å². The van der Waals surface area contributed by atoms with Crippen molar-refractivity contribution < 1.29 is 13.2 Å². The summed E-state index contributed by atoms with van der Waals surface area (Å²) in [6.07, 6.45) is 0.199. The second kappa shape index (κ2) is 8.07. The molecule has 0 saturated heterocycles. The average Bonchev–Trinajstić information content (AvgIpc) is 3.03. The average molecular weight is 452 g/mol. The minimum absolute atomic E-state index is 0.199. The number of rotatable bonds is 6. The fraction of sp³-hybridized carbons (Fsp3) is 0.118. The summed E-state index contributed by atoms with van der Waals surface area (Å²) in [5, 5.41) is 11.0. The SMILES string of the molecule is O=C(Cc1ccc(Br)cc1)Nc1nnc(CS(=O)(=O)c2ccccc2)s1. The zero-order valence-electron chi connectivity index (χ0n) is 13.4. The third-order valence-corrected chi connectivity index (χ3v) is 6.60. The predicted octanol–water partition coefficient (Wildman–Crippen LogP) is 3.46. The van der Waals surface area contributed by atoms with E-state index in [9.17, 15) is 13.2 Å². The van der Waals surface area contributed by atoms with Crippen molar-refractivity contribution in [2.24, 2.45) is 0 Å². The Labute approximate surface area is 163 Å². The summed E-state index contributed by atoms with van der Waals surface area (Å²) in [4.78, 5) is 12.3. The van der Waals surface area contributed by atoms with Gasteiger partial charge in [-0.15, -0.1) is 10.2 Å². The normalized spacial score (nSPS) is 11.3. The molecular formula is C17H14BrN3O3S2. The van der Waals surface area contributed by atoms with Crippen molar-refractivity contribution in [2.45, 2.75) is 17.1 Å². The highest BCUT2D eigenvalue weighted by atomic mass is 79.9. The Hall–Kier alpha value is -2.10. The van der Waals surface area contributed by atoms with Crippen LogP contribution in [0.25, 0.3) is 0 Å². The lowest BCUT2D eigenvalue weighted by molar-refractivity contribution is -0.115. The van der Waals surface area contributed by atoms with Gasteiger partial charge in [0.1, 0.15) is 10.8 Å². The lowest BCUT2D eigenvalue weighted by atomic mass is 10.1. The number of aromatic nitrogens is 2. The van der Waals surface area contributed by atoms with Gasteiger partial charge in [-0.3, -0.25) is 4.79 Å². The second-order valence-corrected chi connectivity index (χ2v) is 9.39. The first-order valence-corrected chi connectivity index (χ1v) is 10.8. The van der Waals surface area contributed by atoms with Crippen molar-refractivity contribution in [1.82, 2.24) is 10.2 Å². The van der Waals surface area contributed by atoms with Gasteiger partial charge in [0.2, 0.25) is 11.0 Å². The van der Waals surface area contributed by atoms with Crippen molar-refractivity contribution in [3.8, 4) is 0 Å². The van der Waals surface area contributed by atoms with Crippen LogP contribution in [0.1, 0.15) is 10.6 Å². The summed E-state index contributed by atoms with van der Waals surface area (Å²) in [5.41, 5.74) is 0.863. The van der Waals surface area contributed by atoms with Gasteiger partial charge < -0.3 is 5.32 Å². The quantitative estimate of drug-likeness (QED) is 0.619. The fourth-order valence-corrected chi connectivity index (χ4v) is 4.83. The molecule has 1 aromatic heterocycles. The van der Waals surface area contributed by atoms with E-state index >= 15 is 0 Å². The first-order valence-electron chi connectivity index (χ1n) is 7.57. The molecule has 0 aliphatic carbocycles. The zero-order valence-corrected chi connectivity index (χ0v) is 16.6. The van der Waals surface area contributed by atoms with Gasteiger partial charge in [0.05, 0.1) is 11.3 Å². The van der Waals surface area contributed by atoms with Crippen molar-refractivity contribution in [2.75, 3.05) is 5.32 Å². The van der Waals surface area contributed by atoms with Gasteiger partial charge in [0.25, 0.3) is 0 Å². The van der Waals surface area contributed by atoms with Gasteiger partial charge in [-0.05, 0) is 29.8 Å². The summed E-state index contributed by atoms with van der Waals surface area (Å²) < 4.78 is 25.6. The number of hydrogen-bond donors (Lipinski definition) is 1. The molecule has 0 aliphatic rings. The van der Waals surface area contributed by atoms with Gasteiger partial charge in [0.15, 0.2) is 9.84 Å². The third-order valence-electron chi connectivity index (χ3n) is 3.41. The molecule has 0 spiro atoms. The summed E-state index contributed by atoms with van der Waals surface area (Å²) >= 11 is 4.40. The first-order chi connectivity index (χ1) is 12.4. The molecule has 0 fully saturated rings. The van der Waals surface area contributed by atoms with Crippen LogP contribution in [0.2, 0.25) is 0 Å². The molecule has 6 nitrogen and oxygen atoms in total. The number of carbonyl (C=O) groups is 1. The maximum absolute atomic E-state index is 12.3. The van der Waals surface area contributed by atoms with E-state index < -0.39 is 9.84 Å². The molecule has 0 radical (unpaired) electrons. The van der Waals surface area contributed by atoms with Crippen LogP contribution in [0.3, 0.4) is 0 Å². The Bertz CT molecular complexity index is 1000. The molecule has 26 heavy (non-hydrogen) atoms. The van der Waals surface area contributed by atoms with E-state index in [0.29, 0.717) is 5.01 Å². The largest absolute Gasteiger partial charge is 0.300 e. The standard InChI is InChI=1S/C17H14BrN3O3S2/c18-13-8-6-12(7-9-13)10-15(22)19-17-21-20-16(25-17)11-26(23,24)14-4-2-1-3-5-14/h1-9H,10-11H2,(H,19,21,22). The zero-order chi connectivity index (χ0) is 18.6. The van der Waals surface area contributed by atoms with Crippen LogP contribution in [0, 0.1) is 0 Å². The highest BCUT2D eigenvalue weighted by Gasteiger charge is 2.18. The molecule has 134 valence electrons. The van der Waals surface area contributed by atoms with Crippen molar-refractivity contribution in [1.29, 1.82) is 0 Å². The van der Waals surface area contributed by atoms with E-state index in [0.717, 1.165) is 21.4 Å². The minimum Gasteiger partial charge on any atom is -0.300 e. The Kier molecular flexibility index (Phi) is 5.80. The number of sulfone groups is 1. The van der Waals surface area contributed by atoms with Gasteiger partial charge in [-0.1, -0.05) is 57.6 Å². The highest BCUT2D eigenvalue weighted by Crippen LogP contribution is 2.21. The summed E-state index contributed by atoms with van der Waals surface area (Å²) in [6.45, 7) is 0. The van der Waals surface area contributed by atoms with Crippen molar-refractivity contribution in [3.63, 3.8) is 0 Å². The van der Waals surface area contributed by atoms with Gasteiger partial charge in [0, 0.05) is 4.47 Å². The molecule has 3 rings (SSSR count). The molecule has 3 aromatic rings. The van der Waals surface area contributed by atoms with Crippen LogP contribution in [0.4, 0.5) is 5.13 Å². The highest BCUT2D eigenvalue weighted by molar-refractivity contribution is 9.10. The number of carbonyl (C=O) groups excluding carboxylic acids is 1. The Morgan fingerprint density at radius 3 is 2.42 bits per heavy atom. The molecule has 9 heteroatoms. The Morgan fingerprint density at radius 1 is 1.04 bits per heavy atom. The number of halogens is 1. The number of anilines is 1. The lowest BCUT2D eigenvalue weighted by Crippen LogP contribution is -2.14. The number of nitrogens with one attached hydrogen (secondary N) is 1. The number of benzene rings is 2. The molecular weight excluding hydrogens is 438 g/mol. The van der Waals surface area contributed by atoms with Crippen LogP contribution in [0.5, 0.6) is 0 Å². The third kappa shape index (κ3) is 4.96. The maximum Gasteiger partial charge on any atom is 0.230 e. The molecule has 0 atom stereocenters. The Morgan fingerprint density at radius 2 is 1.73 bits per heavy atom. The number of amides is 1. The van der Waals surface area contributed by atoms with E-state index in [1.54, 1.807) is 18.2 Å². The smallest absolute Gasteiger partial charge is 0.230 e. The maximum atomic E-state index is 12.3. The van der Waals surface area contributed by atoms with Crippen LogP contribution in [0.15, 0.2) is 64.0 Å². The van der Waals surface area contributed by atoms with Crippen LogP contribution < -0.4 is 5.32 Å². The Balaban J connectivity index is 1.62. The number of nitrogens with zero attached hydrogens (tertiary/aromatic N) is 2. The monoisotopic (exact) mass is 451 g/mol. The number of hydrogen-bond acceptors (Lipinski definition) is 6. The molecule has 0 saturated carbocycles. The summed E-state index contributed by atoms with van der Waals surface area (Å²) in [5.74, 6) is -0.488. The van der Waals surface area contributed by atoms with Crippen LogP contribution >= 0.6 is 27.3 Å². The van der Waals surface area contributed by atoms with E-state index in [1.165, 1.54) is 12.1 Å². The minimum atomic E-state index is -3.49. The molecule has 0 unspecified atom stereocenters. The second-order valence-electron chi connectivity index (χ2n) is 5.42. The van der Waals surface area contributed by atoms with Crippen molar-refractivity contribution >= 4 is 48.1 Å². The van der Waals surface area contributed by atoms with E-state index in [2.05, 4.69) is 31.4 Å². The summed E-state index contributed by atoms with van der Waals surface area (Å²) in [6, 6.07) is 15.6. The van der Waals surface area contributed by atoms with E-state index in [-0.39, 0.29) is 28.1 Å². The van der Waals surface area contributed by atoms with E-state index in [4.69, 9.17) is 0 Å². The van der Waals surface area contributed by atoms with Crippen LogP contribution in [-0.4, -0.2) is 24.5 Å². The lowest BCUT2D eigenvalue weighted by Gasteiger charge is -2.02. The fourth-order valence-electron chi connectivity index (χ4n) is 2.19. The molecule has 1 amide bonds. The van der Waals surface area contributed by atoms with E-state index in [1.807, 2.05) is 24.3 Å². The van der Waals surface area contributed by atoms with Crippen molar-refractivity contribution in [3.05, 3.63) is 69.6 Å². The molecule has 1 N–H and O–H groups in total.